The maximum atomic E-state index is 13.0. The third kappa shape index (κ3) is 7.67. The summed E-state index contributed by atoms with van der Waals surface area (Å²) in [5.41, 5.74) is 2.38. The SMILES string of the molecule is CCOc1ccc2[nH]c(=O)c(CN(Cc3ccc(OC)cc3)C(=S)NCCCN3CCOCC3)cc2c1. The van der Waals surface area contributed by atoms with Gasteiger partial charge >= 0.3 is 0 Å². The van der Waals surface area contributed by atoms with E-state index in [1.165, 1.54) is 0 Å². The third-order valence-corrected chi connectivity index (χ3v) is 6.82. The lowest BCUT2D eigenvalue weighted by atomic mass is 10.1. The molecule has 1 saturated heterocycles. The first-order valence-electron chi connectivity index (χ1n) is 12.8. The summed E-state index contributed by atoms with van der Waals surface area (Å²) in [4.78, 5) is 20.4. The Morgan fingerprint density at radius 2 is 1.86 bits per heavy atom. The molecule has 198 valence electrons. The van der Waals surface area contributed by atoms with Crippen molar-refractivity contribution in [2.24, 2.45) is 0 Å². The molecule has 1 aromatic heterocycles. The van der Waals surface area contributed by atoms with Crippen LogP contribution >= 0.6 is 12.2 Å². The molecule has 4 rings (SSSR count). The number of morpholine rings is 1. The maximum Gasteiger partial charge on any atom is 0.253 e. The van der Waals surface area contributed by atoms with Crippen molar-refractivity contribution >= 4 is 28.2 Å². The smallest absolute Gasteiger partial charge is 0.253 e. The van der Waals surface area contributed by atoms with E-state index in [4.69, 9.17) is 26.4 Å². The quantitative estimate of drug-likeness (QED) is 0.291. The summed E-state index contributed by atoms with van der Waals surface area (Å²) in [7, 11) is 1.65. The molecule has 2 heterocycles. The molecule has 1 aliphatic rings. The molecule has 0 spiro atoms. The minimum absolute atomic E-state index is 0.119. The van der Waals surface area contributed by atoms with Crippen LogP contribution in [0, 0.1) is 0 Å². The Hall–Kier alpha value is -3.14. The van der Waals surface area contributed by atoms with Crippen molar-refractivity contribution in [3.05, 3.63) is 70.0 Å². The first kappa shape index (κ1) is 26.9. The molecule has 1 fully saturated rings. The van der Waals surface area contributed by atoms with Gasteiger partial charge in [-0.2, -0.15) is 0 Å². The van der Waals surface area contributed by atoms with E-state index in [0.717, 1.165) is 73.8 Å². The molecule has 0 aliphatic carbocycles. The zero-order valence-corrected chi connectivity index (χ0v) is 22.4. The number of rotatable bonds is 11. The number of nitrogens with one attached hydrogen (secondary N) is 2. The first-order chi connectivity index (χ1) is 18.1. The zero-order valence-electron chi connectivity index (χ0n) is 21.6. The Balaban J connectivity index is 1.48. The molecular weight excluding hydrogens is 488 g/mol. The lowest BCUT2D eigenvalue weighted by molar-refractivity contribution is 0.0376. The van der Waals surface area contributed by atoms with Gasteiger partial charge in [-0.3, -0.25) is 9.69 Å². The van der Waals surface area contributed by atoms with Crippen LogP contribution in [0.2, 0.25) is 0 Å². The number of hydrogen-bond acceptors (Lipinski definition) is 6. The summed E-state index contributed by atoms with van der Waals surface area (Å²) in [5.74, 6) is 1.58. The average Bonchev–Trinajstić information content (AvgIpc) is 2.92. The van der Waals surface area contributed by atoms with Gasteiger partial charge in [0.1, 0.15) is 11.5 Å². The molecule has 0 unspecified atom stereocenters. The summed E-state index contributed by atoms with van der Waals surface area (Å²) < 4.78 is 16.4. The van der Waals surface area contributed by atoms with Crippen LogP contribution in [0.3, 0.4) is 0 Å². The number of hydrogen-bond donors (Lipinski definition) is 2. The Morgan fingerprint density at radius 3 is 2.59 bits per heavy atom. The molecule has 0 bridgehead atoms. The molecule has 2 aromatic carbocycles. The number of aromatic amines is 1. The van der Waals surface area contributed by atoms with Gasteiger partial charge in [-0.25, -0.2) is 0 Å². The minimum Gasteiger partial charge on any atom is -0.497 e. The fourth-order valence-electron chi connectivity index (χ4n) is 4.39. The highest BCUT2D eigenvalue weighted by Gasteiger charge is 2.15. The molecule has 2 N–H and O–H groups in total. The van der Waals surface area contributed by atoms with Crippen LogP contribution in [-0.2, 0) is 17.8 Å². The molecule has 3 aromatic rings. The van der Waals surface area contributed by atoms with E-state index >= 15 is 0 Å². The monoisotopic (exact) mass is 524 g/mol. The molecule has 0 amide bonds. The number of pyridine rings is 1. The van der Waals surface area contributed by atoms with Crippen LogP contribution in [0.1, 0.15) is 24.5 Å². The predicted molar refractivity (Wildman–Crippen MR) is 150 cm³/mol. The minimum atomic E-state index is -0.119. The number of nitrogens with zero attached hydrogens (tertiary/aromatic N) is 2. The lowest BCUT2D eigenvalue weighted by Gasteiger charge is -2.28. The number of aromatic nitrogens is 1. The number of thiocarbonyl (C=S) groups is 1. The number of H-pyrrole nitrogens is 1. The second kappa shape index (κ2) is 13.4. The Bertz CT molecular complexity index is 1230. The van der Waals surface area contributed by atoms with Gasteiger partial charge in [-0.15, -0.1) is 0 Å². The van der Waals surface area contributed by atoms with Crippen molar-refractivity contribution in [3.63, 3.8) is 0 Å². The summed E-state index contributed by atoms with van der Waals surface area (Å²) in [5, 5.41) is 4.96. The van der Waals surface area contributed by atoms with E-state index in [2.05, 4.69) is 15.2 Å². The lowest BCUT2D eigenvalue weighted by Crippen LogP contribution is -2.42. The van der Waals surface area contributed by atoms with Gasteiger partial charge in [0.15, 0.2) is 5.11 Å². The van der Waals surface area contributed by atoms with Crippen molar-refractivity contribution in [2.45, 2.75) is 26.4 Å². The molecule has 37 heavy (non-hydrogen) atoms. The van der Waals surface area contributed by atoms with Gasteiger partial charge < -0.3 is 29.4 Å². The van der Waals surface area contributed by atoms with Crippen LogP contribution in [-0.4, -0.2) is 73.0 Å². The van der Waals surface area contributed by atoms with E-state index in [0.29, 0.717) is 30.4 Å². The largest absolute Gasteiger partial charge is 0.497 e. The highest BCUT2D eigenvalue weighted by molar-refractivity contribution is 7.80. The van der Waals surface area contributed by atoms with E-state index in [-0.39, 0.29) is 5.56 Å². The third-order valence-electron chi connectivity index (χ3n) is 6.42. The van der Waals surface area contributed by atoms with E-state index < -0.39 is 0 Å². The summed E-state index contributed by atoms with van der Waals surface area (Å²) in [6, 6.07) is 15.5. The van der Waals surface area contributed by atoms with Gasteiger partial charge in [0.05, 0.1) is 33.5 Å². The van der Waals surface area contributed by atoms with Crippen molar-refractivity contribution in [2.75, 3.05) is 53.1 Å². The van der Waals surface area contributed by atoms with Gasteiger partial charge in [0.2, 0.25) is 0 Å². The highest BCUT2D eigenvalue weighted by Crippen LogP contribution is 2.20. The fraction of sp³-hybridized carbons (Fsp3) is 0.429. The second-order valence-corrected chi connectivity index (χ2v) is 9.44. The van der Waals surface area contributed by atoms with Gasteiger partial charge in [-0.05, 0) is 74.1 Å². The average molecular weight is 525 g/mol. The topological polar surface area (TPSA) is 79.1 Å². The van der Waals surface area contributed by atoms with Gasteiger partial charge in [0, 0.05) is 42.6 Å². The van der Waals surface area contributed by atoms with Crippen molar-refractivity contribution < 1.29 is 14.2 Å². The number of ether oxygens (including phenoxy) is 3. The maximum absolute atomic E-state index is 13.0. The van der Waals surface area contributed by atoms with Crippen molar-refractivity contribution in [3.8, 4) is 11.5 Å². The number of benzene rings is 2. The standard InChI is InChI=1S/C28H36N4O4S/c1-3-36-25-9-10-26-22(18-25)17-23(27(33)30-26)20-32(19-21-5-7-24(34-2)8-6-21)28(37)29-11-4-12-31-13-15-35-16-14-31/h5-10,17-18H,3-4,11-16,19-20H2,1-2H3,(H,29,37)(H,30,33). The Kier molecular flexibility index (Phi) is 9.76. The molecule has 0 radical (unpaired) electrons. The van der Waals surface area contributed by atoms with Gasteiger partial charge in [-0.1, -0.05) is 12.1 Å². The highest BCUT2D eigenvalue weighted by atomic mass is 32.1. The summed E-state index contributed by atoms with van der Waals surface area (Å²) >= 11 is 5.81. The molecule has 8 nitrogen and oxygen atoms in total. The predicted octanol–water partition coefficient (Wildman–Crippen LogP) is 3.53. The van der Waals surface area contributed by atoms with Crippen molar-refractivity contribution in [1.29, 1.82) is 0 Å². The number of methoxy groups -OCH3 is 1. The van der Waals surface area contributed by atoms with Crippen LogP contribution in [0.5, 0.6) is 11.5 Å². The van der Waals surface area contributed by atoms with Gasteiger partial charge in [0.25, 0.3) is 5.56 Å². The van der Waals surface area contributed by atoms with E-state index in [1.54, 1.807) is 7.11 Å². The van der Waals surface area contributed by atoms with E-state index in [1.807, 2.05) is 60.4 Å². The Labute approximate surface area is 223 Å². The van der Waals surface area contributed by atoms with Crippen LogP contribution in [0.4, 0.5) is 0 Å². The number of fused-ring (bicyclic) bond motifs is 1. The first-order valence-corrected chi connectivity index (χ1v) is 13.2. The normalized spacial score (nSPS) is 13.9. The van der Waals surface area contributed by atoms with Crippen molar-refractivity contribution in [1.82, 2.24) is 20.1 Å². The molecule has 9 heteroatoms. The molecular formula is C28H36N4O4S. The summed E-state index contributed by atoms with van der Waals surface area (Å²) in [6.07, 6.45) is 0.979. The molecule has 0 saturated carbocycles. The second-order valence-electron chi connectivity index (χ2n) is 9.05. The Morgan fingerprint density at radius 1 is 1.11 bits per heavy atom. The summed E-state index contributed by atoms with van der Waals surface area (Å²) in [6.45, 7) is 8.80. The van der Waals surface area contributed by atoms with E-state index in [9.17, 15) is 4.79 Å². The van der Waals surface area contributed by atoms with Crippen LogP contribution < -0.4 is 20.3 Å². The molecule has 1 aliphatic heterocycles. The zero-order chi connectivity index (χ0) is 26.0. The van der Waals surface area contributed by atoms with Crippen LogP contribution in [0.15, 0.2) is 53.3 Å². The fourth-order valence-corrected chi connectivity index (χ4v) is 4.63. The van der Waals surface area contributed by atoms with Crippen LogP contribution in [0.25, 0.3) is 10.9 Å². The molecule has 0 atom stereocenters.